The lowest BCUT2D eigenvalue weighted by molar-refractivity contribution is 0.0875. The fraction of sp³-hybridized carbons (Fsp3) is 0.240. The summed E-state index contributed by atoms with van der Waals surface area (Å²) >= 11 is 7.61. The van der Waals surface area contributed by atoms with Gasteiger partial charge in [0.1, 0.15) is 17.3 Å². The lowest BCUT2D eigenvalue weighted by Gasteiger charge is -2.31. The summed E-state index contributed by atoms with van der Waals surface area (Å²) in [5.74, 6) is 1.32. The highest BCUT2D eigenvalue weighted by Gasteiger charge is 2.34. The van der Waals surface area contributed by atoms with Gasteiger partial charge in [0.05, 0.1) is 24.5 Å². The Morgan fingerprint density at radius 1 is 1.16 bits per heavy atom. The Hall–Kier alpha value is -2.96. The van der Waals surface area contributed by atoms with Gasteiger partial charge in [0.2, 0.25) is 0 Å². The van der Waals surface area contributed by atoms with Crippen LogP contribution >= 0.6 is 22.9 Å². The molecule has 5 nitrogen and oxygen atoms in total. The summed E-state index contributed by atoms with van der Waals surface area (Å²) in [6.45, 7) is 6.15. The zero-order chi connectivity index (χ0) is 22.9. The van der Waals surface area contributed by atoms with Crippen LogP contribution in [0.5, 0.6) is 5.75 Å². The van der Waals surface area contributed by atoms with Crippen LogP contribution in [0.2, 0.25) is 5.02 Å². The smallest absolute Gasteiger partial charge is 0.185 e. The molecule has 0 spiro atoms. The summed E-state index contributed by atoms with van der Waals surface area (Å²) < 4.78 is 5.45. The van der Waals surface area contributed by atoms with Crippen molar-refractivity contribution < 1.29 is 9.53 Å². The maximum absolute atomic E-state index is 12.8. The van der Waals surface area contributed by atoms with E-state index in [1.807, 2.05) is 31.2 Å². The second-order valence-corrected chi connectivity index (χ2v) is 9.40. The van der Waals surface area contributed by atoms with Crippen molar-refractivity contribution in [1.82, 2.24) is 15.0 Å². The van der Waals surface area contributed by atoms with Gasteiger partial charge >= 0.3 is 0 Å². The van der Waals surface area contributed by atoms with E-state index in [1.54, 1.807) is 30.3 Å². The van der Waals surface area contributed by atoms with E-state index in [0.717, 1.165) is 34.0 Å². The van der Waals surface area contributed by atoms with E-state index >= 15 is 0 Å². The molecule has 0 amide bonds. The number of benzene rings is 2. The number of imidazole rings is 1. The number of methoxy groups -OCH3 is 1. The van der Waals surface area contributed by atoms with Crippen molar-refractivity contribution >= 4 is 28.7 Å². The van der Waals surface area contributed by atoms with Gasteiger partial charge in [0, 0.05) is 27.4 Å². The molecular formula is C25H24ClN3O2S. The van der Waals surface area contributed by atoms with Crippen LogP contribution in [0.1, 0.15) is 36.8 Å². The molecule has 0 radical (unpaired) electrons. The van der Waals surface area contributed by atoms with E-state index < -0.39 is 0 Å². The molecule has 1 N–H and O–H groups in total. The minimum Gasteiger partial charge on any atom is -0.496 e. The number of nitrogens with zero attached hydrogens (tertiary/aromatic N) is 2. The van der Waals surface area contributed by atoms with E-state index in [-0.39, 0.29) is 17.1 Å². The number of thiazole rings is 1. The van der Waals surface area contributed by atoms with Crippen LogP contribution in [0, 0.1) is 5.92 Å². The number of carbonyl (C=O) groups excluding carboxylic acids is 1. The monoisotopic (exact) mass is 465 g/mol. The zero-order valence-electron chi connectivity index (χ0n) is 18.3. The molecule has 2 aromatic carbocycles. The van der Waals surface area contributed by atoms with Crippen LogP contribution in [0.3, 0.4) is 0 Å². The lowest BCUT2D eigenvalue weighted by Crippen LogP contribution is -2.32. The third-order valence-corrected chi connectivity index (χ3v) is 6.91. The second kappa shape index (κ2) is 8.88. The molecule has 0 fully saturated rings. The summed E-state index contributed by atoms with van der Waals surface area (Å²) in [7, 11) is 1.63. The molecule has 0 aliphatic rings. The van der Waals surface area contributed by atoms with Crippen LogP contribution < -0.4 is 4.74 Å². The SMILES string of the molecule is COc1ccc(Cl)cc1-c1cnc(-c2ccc(C(C)(C)C(C)C(=O)c3cscn3)cc2)[nH]1. The number of hydrogen-bond donors (Lipinski definition) is 1. The first-order valence-corrected chi connectivity index (χ1v) is 11.6. The van der Waals surface area contributed by atoms with E-state index in [9.17, 15) is 4.79 Å². The normalized spacial score (nSPS) is 12.5. The summed E-state index contributed by atoms with van der Waals surface area (Å²) in [5.41, 5.74) is 5.60. The van der Waals surface area contributed by atoms with Crippen molar-refractivity contribution in [2.45, 2.75) is 26.2 Å². The maximum Gasteiger partial charge on any atom is 0.185 e. The van der Waals surface area contributed by atoms with Gasteiger partial charge in [-0.05, 0) is 29.2 Å². The topological polar surface area (TPSA) is 67.9 Å². The molecule has 7 heteroatoms. The number of halogens is 1. The van der Waals surface area contributed by atoms with Gasteiger partial charge in [0.15, 0.2) is 5.78 Å². The third-order valence-electron chi connectivity index (χ3n) is 6.09. The molecule has 4 aromatic rings. The molecule has 2 heterocycles. The number of aromatic nitrogens is 3. The van der Waals surface area contributed by atoms with Crippen molar-refractivity contribution in [2.24, 2.45) is 5.92 Å². The van der Waals surface area contributed by atoms with Gasteiger partial charge < -0.3 is 9.72 Å². The fourth-order valence-corrected chi connectivity index (χ4v) is 4.40. The number of ketones is 1. The van der Waals surface area contributed by atoms with Crippen LogP contribution in [0.25, 0.3) is 22.6 Å². The second-order valence-electron chi connectivity index (χ2n) is 8.25. The van der Waals surface area contributed by atoms with E-state index in [4.69, 9.17) is 16.3 Å². The van der Waals surface area contributed by atoms with Crippen molar-refractivity contribution in [3.63, 3.8) is 0 Å². The predicted octanol–water partition coefficient (Wildman–Crippen LogP) is 6.66. The van der Waals surface area contributed by atoms with Gasteiger partial charge in [-0.2, -0.15) is 0 Å². The number of hydrogen-bond acceptors (Lipinski definition) is 5. The molecule has 32 heavy (non-hydrogen) atoms. The Morgan fingerprint density at radius 2 is 1.91 bits per heavy atom. The van der Waals surface area contributed by atoms with Crippen LogP contribution in [-0.2, 0) is 5.41 Å². The largest absolute Gasteiger partial charge is 0.496 e. The molecule has 164 valence electrons. The molecule has 2 aromatic heterocycles. The Morgan fingerprint density at radius 3 is 2.56 bits per heavy atom. The molecule has 1 atom stereocenters. The molecule has 0 aliphatic heterocycles. The molecular weight excluding hydrogens is 442 g/mol. The van der Waals surface area contributed by atoms with Gasteiger partial charge in [-0.1, -0.05) is 56.6 Å². The Bertz CT molecular complexity index is 1230. The summed E-state index contributed by atoms with van der Waals surface area (Å²) in [5, 5.41) is 2.44. The lowest BCUT2D eigenvalue weighted by atomic mass is 9.72. The van der Waals surface area contributed by atoms with Crippen molar-refractivity contribution in [3.8, 4) is 28.4 Å². The summed E-state index contributed by atoms with van der Waals surface area (Å²) in [6.07, 6.45) is 1.77. The quantitative estimate of drug-likeness (QED) is 0.310. The van der Waals surface area contributed by atoms with Gasteiger partial charge in [-0.25, -0.2) is 9.97 Å². The van der Waals surface area contributed by atoms with Crippen molar-refractivity contribution in [1.29, 1.82) is 0 Å². The number of carbonyl (C=O) groups is 1. The maximum atomic E-state index is 12.8. The first-order chi connectivity index (χ1) is 15.3. The zero-order valence-corrected chi connectivity index (χ0v) is 19.9. The average Bonchev–Trinajstić information content (AvgIpc) is 3.50. The summed E-state index contributed by atoms with van der Waals surface area (Å²) in [6, 6.07) is 13.6. The molecule has 0 bridgehead atoms. The first kappa shape index (κ1) is 22.2. The highest BCUT2D eigenvalue weighted by molar-refractivity contribution is 7.07. The Kier molecular flexibility index (Phi) is 6.17. The minimum atomic E-state index is -0.346. The minimum absolute atomic E-state index is 0.0615. The van der Waals surface area contributed by atoms with Crippen molar-refractivity contribution in [3.05, 3.63) is 75.8 Å². The van der Waals surface area contributed by atoms with Gasteiger partial charge in [-0.3, -0.25) is 4.79 Å². The third kappa shape index (κ3) is 4.20. The number of ether oxygens (including phenoxy) is 1. The summed E-state index contributed by atoms with van der Waals surface area (Å²) in [4.78, 5) is 24.9. The van der Waals surface area contributed by atoms with E-state index in [1.165, 1.54) is 11.3 Å². The molecule has 0 saturated heterocycles. The standard InChI is InChI=1S/C25H24ClN3O2S/c1-15(23(30)21-13-32-14-28-21)25(2,3)17-7-5-16(6-8-17)24-27-12-20(29-24)19-11-18(26)9-10-22(19)31-4/h5-15H,1-4H3,(H,27,29). The first-order valence-electron chi connectivity index (χ1n) is 10.2. The van der Waals surface area contributed by atoms with Crippen LogP contribution in [0.4, 0.5) is 0 Å². The highest BCUT2D eigenvalue weighted by Crippen LogP contribution is 2.36. The van der Waals surface area contributed by atoms with Gasteiger partial charge in [0.25, 0.3) is 0 Å². The molecule has 4 rings (SSSR count). The predicted molar refractivity (Wildman–Crippen MR) is 130 cm³/mol. The fourth-order valence-electron chi connectivity index (χ4n) is 3.69. The number of nitrogens with one attached hydrogen (secondary N) is 1. The van der Waals surface area contributed by atoms with Crippen molar-refractivity contribution in [2.75, 3.05) is 7.11 Å². The molecule has 0 saturated carbocycles. The average molecular weight is 466 g/mol. The Labute approximate surface area is 196 Å². The Balaban J connectivity index is 1.58. The molecule has 0 aliphatic carbocycles. The number of Topliss-reactive ketones (excluding diaryl/α,β-unsaturated/α-hetero) is 1. The molecule has 1 unspecified atom stereocenters. The number of aromatic amines is 1. The number of rotatable bonds is 7. The highest BCUT2D eigenvalue weighted by atomic mass is 35.5. The van der Waals surface area contributed by atoms with Crippen LogP contribution in [0.15, 0.2) is 59.6 Å². The number of H-pyrrole nitrogens is 1. The van der Waals surface area contributed by atoms with Crippen LogP contribution in [-0.4, -0.2) is 27.8 Å². The van der Waals surface area contributed by atoms with E-state index in [2.05, 4.69) is 40.9 Å². The van der Waals surface area contributed by atoms with E-state index in [0.29, 0.717) is 10.7 Å². The van der Waals surface area contributed by atoms with Gasteiger partial charge in [-0.15, -0.1) is 11.3 Å².